The largest absolute Gasteiger partial charge is 0.416 e. The predicted molar refractivity (Wildman–Crippen MR) is 68.8 cm³/mol. The van der Waals surface area contributed by atoms with E-state index in [1.165, 1.54) is 12.1 Å². The third-order valence-electron chi connectivity index (χ3n) is 2.96. The van der Waals surface area contributed by atoms with E-state index < -0.39 is 11.7 Å². The van der Waals surface area contributed by atoms with E-state index >= 15 is 0 Å². The summed E-state index contributed by atoms with van der Waals surface area (Å²) in [6, 6.07) is 7.62. The Balaban J connectivity index is 2.59. The molecule has 2 rings (SSSR count). The molecular formula is C15H14F3N. The van der Waals surface area contributed by atoms with E-state index in [0.717, 1.165) is 5.56 Å². The molecule has 0 aliphatic carbocycles. The number of hydrogen-bond acceptors (Lipinski definition) is 1. The smallest absolute Gasteiger partial charge is 0.265 e. The molecule has 1 heterocycles. The molecule has 2 aromatic rings. The van der Waals surface area contributed by atoms with E-state index in [1.807, 2.05) is 13.8 Å². The van der Waals surface area contributed by atoms with Crippen molar-refractivity contribution >= 4 is 0 Å². The van der Waals surface area contributed by atoms with Gasteiger partial charge in [-0.25, -0.2) is 0 Å². The minimum absolute atomic E-state index is 0.0443. The molecule has 0 saturated carbocycles. The summed E-state index contributed by atoms with van der Waals surface area (Å²) in [7, 11) is 0. The standard InChI is InChI=1S/C15H14F3N/c1-10(2)12-7-13(11-3-5-19-6-4-11)9-14(8-12)15(16,17)18/h3-10H,1-2H3. The van der Waals surface area contributed by atoms with Crippen LogP contribution in [0.3, 0.4) is 0 Å². The van der Waals surface area contributed by atoms with E-state index in [0.29, 0.717) is 11.1 Å². The number of benzene rings is 1. The summed E-state index contributed by atoms with van der Waals surface area (Å²) in [5.74, 6) is 0.0443. The van der Waals surface area contributed by atoms with Gasteiger partial charge in [0.1, 0.15) is 0 Å². The molecular weight excluding hydrogens is 251 g/mol. The lowest BCUT2D eigenvalue weighted by molar-refractivity contribution is -0.137. The van der Waals surface area contributed by atoms with Crippen molar-refractivity contribution in [3.8, 4) is 11.1 Å². The van der Waals surface area contributed by atoms with Gasteiger partial charge >= 0.3 is 6.18 Å². The van der Waals surface area contributed by atoms with E-state index in [-0.39, 0.29) is 5.92 Å². The second-order valence-electron chi connectivity index (χ2n) is 4.73. The number of alkyl halides is 3. The lowest BCUT2D eigenvalue weighted by Gasteiger charge is -2.14. The van der Waals surface area contributed by atoms with Crippen molar-refractivity contribution in [1.82, 2.24) is 4.98 Å². The summed E-state index contributed by atoms with van der Waals surface area (Å²) in [4.78, 5) is 3.88. The van der Waals surface area contributed by atoms with E-state index in [4.69, 9.17) is 0 Å². The summed E-state index contributed by atoms with van der Waals surface area (Å²) in [5, 5.41) is 0. The highest BCUT2D eigenvalue weighted by Gasteiger charge is 2.31. The van der Waals surface area contributed by atoms with Crippen molar-refractivity contribution in [3.63, 3.8) is 0 Å². The summed E-state index contributed by atoms with van der Waals surface area (Å²) in [6.45, 7) is 3.76. The van der Waals surface area contributed by atoms with Crippen molar-refractivity contribution < 1.29 is 13.2 Å². The normalized spacial score (nSPS) is 11.9. The van der Waals surface area contributed by atoms with E-state index in [9.17, 15) is 13.2 Å². The van der Waals surface area contributed by atoms with Gasteiger partial charge in [-0.1, -0.05) is 19.9 Å². The second kappa shape index (κ2) is 5.03. The Labute approximate surface area is 110 Å². The molecule has 0 aliphatic heterocycles. The average molecular weight is 265 g/mol. The topological polar surface area (TPSA) is 12.9 Å². The molecule has 0 bridgehead atoms. The van der Waals surface area contributed by atoms with Gasteiger partial charge in [-0.2, -0.15) is 13.2 Å². The first-order chi connectivity index (χ1) is 8.88. The van der Waals surface area contributed by atoms with Crippen molar-refractivity contribution in [1.29, 1.82) is 0 Å². The zero-order valence-corrected chi connectivity index (χ0v) is 10.7. The van der Waals surface area contributed by atoms with Crippen LogP contribution in [0.25, 0.3) is 11.1 Å². The summed E-state index contributed by atoms with van der Waals surface area (Å²) < 4.78 is 38.7. The minimum atomic E-state index is -4.33. The first-order valence-electron chi connectivity index (χ1n) is 6.00. The summed E-state index contributed by atoms with van der Waals surface area (Å²) in [6.07, 6.45) is -1.18. The fourth-order valence-electron chi connectivity index (χ4n) is 1.86. The summed E-state index contributed by atoms with van der Waals surface area (Å²) in [5.41, 5.74) is 1.39. The van der Waals surface area contributed by atoms with Gasteiger partial charge in [-0.05, 0) is 46.9 Å². The van der Waals surface area contributed by atoms with Gasteiger partial charge < -0.3 is 0 Å². The number of aromatic nitrogens is 1. The zero-order valence-electron chi connectivity index (χ0n) is 10.7. The molecule has 0 saturated heterocycles. The lowest BCUT2D eigenvalue weighted by atomic mass is 9.95. The number of hydrogen-bond donors (Lipinski definition) is 0. The van der Waals surface area contributed by atoms with Crippen molar-refractivity contribution in [2.45, 2.75) is 25.9 Å². The van der Waals surface area contributed by atoms with Crippen molar-refractivity contribution in [3.05, 3.63) is 53.9 Å². The fourth-order valence-corrected chi connectivity index (χ4v) is 1.86. The Hall–Kier alpha value is -1.84. The van der Waals surface area contributed by atoms with Crippen LogP contribution in [0.15, 0.2) is 42.7 Å². The van der Waals surface area contributed by atoms with E-state index in [2.05, 4.69) is 4.98 Å². The zero-order chi connectivity index (χ0) is 14.0. The molecule has 0 aliphatic rings. The highest BCUT2D eigenvalue weighted by molar-refractivity contribution is 5.65. The van der Waals surface area contributed by atoms with Crippen LogP contribution in [-0.2, 0) is 6.18 Å². The van der Waals surface area contributed by atoms with Gasteiger partial charge in [0.2, 0.25) is 0 Å². The number of pyridine rings is 1. The Morgan fingerprint density at radius 2 is 1.58 bits per heavy atom. The SMILES string of the molecule is CC(C)c1cc(-c2ccncc2)cc(C(F)(F)F)c1. The predicted octanol–water partition coefficient (Wildman–Crippen LogP) is 4.89. The van der Waals surface area contributed by atoms with Crippen LogP contribution in [-0.4, -0.2) is 4.98 Å². The van der Waals surface area contributed by atoms with Gasteiger partial charge in [0.15, 0.2) is 0 Å². The first-order valence-corrected chi connectivity index (χ1v) is 6.00. The highest BCUT2D eigenvalue weighted by Crippen LogP contribution is 2.34. The number of halogens is 3. The van der Waals surface area contributed by atoms with Gasteiger partial charge in [-0.15, -0.1) is 0 Å². The fraction of sp³-hybridized carbons (Fsp3) is 0.267. The Morgan fingerprint density at radius 3 is 2.11 bits per heavy atom. The molecule has 0 N–H and O–H groups in total. The second-order valence-corrected chi connectivity index (χ2v) is 4.73. The third kappa shape index (κ3) is 3.13. The molecule has 0 spiro atoms. The Morgan fingerprint density at radius 1 is 0.947 bits per heavy atom. The third-order valence-corrected chi connectivity index (χ3v) is 2.96. The van der Waals surface area contributed by atoms with Crippen LogP contribution in [0.4, 0.5) is 13.2 Å². The maximum absolute atomic E-state index is 12.9. The lowest BCUT2D eigenvalue weighted by Crippen LogP contribution is -2.06. The van der Waals surface area contributed by atoms with Gasteiger partial charge in [-0.3, -0.25) is 4.98 Å². The first kappa shape index (κ1) is 13.6. The number of rotatable bonds is 2. The quantitative estimate of drug-likeness (QED) is 0.753. The maximum Gasteiger partial charge on any atom is 0.416 e. The van der Waals surface area contributed by atoms with Crippen LogP contribution in [0.1, 0.15) is 30.9 Å². The van der Waals surface area contributed by atoms with Gasteiger partial charge in [0.05, 0.1) is 5.56 Å². The Kier molecular flexibility index (Phi) is 3.60. The summed E-state index contributed by atoms with van der Waals surface area (Å²) >= 11 is 0. The van der Waals surface area contributed by atoms with Crippen molar-refractivity contribution in [2.75, 3.05) is 0 Å². The minimum Gasteiger partial charge on any atom is -0.265 e. The molecule has 0 unspecified atom stereocenters. The maximum atomic E-state index is 12.9. The van der Waals surface area contributed by atoms with Crippen LogP contribution in [0, 0.1) is 0 Å². The molecule has 19 heavy (non-hydrogen) atoms. The molecule has 0 atom stereocenters. The van der Waals surface area contributed by atoms with E-state index in [1.54, 1.807) is 30.6 Å². The van der Waals surface area contributed by atoms with Gasteiger partial charge in [0, 0.05) is 12.4 Å². The average Bonchev–Trinajstić information content (AvgIpc) is 2.38. The van der Waals surface area contributed by atoms with Crippen LogP contribution >= 0.6 is 0 Å². The van der Waals surface area contributed by atoms with Crippen LogP contribution in [0.5, 0.6) is 0 Å². The monoisotopic (exact) mass is 265 g/mol. The van der Waals surface area contributed by atoms with Crippen molar-refractivity contribution in [2.24, 2.45) is 0 Å². The Bertz CT molecular complexity index is 559. The molecule has 1 nitrogen and oxygen atoms in total. The van der Waals surface area contributed by atoms with Crippen LogP contribution < -0.4 is 0 Å². The molecule has 0 radical (unpaired) electrons. The molecule has 0 fully saturated rings. The molecule has 4 heteroatoms. The number of nitrogens with zero attached hydrogens (tertiary/aromatic N) is 1. The van der Waals surface area contributed by atoms with Crippen LogP contribution in [0.2, 0.25) is 0 Å². The van der Waals surface area contributed by atoms with Gasteiger partial charge in [0.25, 0.3) is 0 Å². The molecule has 1 aromatic heterocycles. The molecule has 100 valence electrons. The molecule has 1 aromatic carbocycles. The highest BCUT2D eigenvalue weighted by atomic mass is 19.4. The molecule has 0 amide bonds.